The molecule has 2 atom stereocenters. The molecular formula is C11H13BrO2. The number of benzene rings is 1. The quantitative estimate of drug-likeness (QED) is 0.775. The zero-order chi connectivity index (χ0) is 10.1. The molecule has 0 heterocycles. The Balaban J connectivity index is 2.33. The minimum atomic E-state index is 0.583. The summed E-state index contributed by atoms with van der Waals surface area (Å²) in [7, 11) is 3.39. The maximum Gasteiger partial charge on any atom is 0.122 e. The lowest BCUT2D eigenvalue weighted by Gasteiger charge is -2.09. The molecule has 1 aliphatic rings. The lowest BCUT2D eigenvalue weighted by atomic mass is 10.1. The molecule has 0 amide bonds. The first-order valence-electron chi connectivity index (χ1n) is 4.62. The lowest BCUT2D eigenvalue weighted by molar-refractivity contribution is 0.399. The van der Waals surface area contributed by atoms with Crippen LogP contribution in [0.5, 0.6) is 11.5 Å². The highest BCUT2D eigenvalue weighted by Crippen LogP contribution is 2.50. The van der Waals surface area contributed by atoms with Crippen LogP contribution >= 0.6 is 15.9 Å². The monoisotopic (exact) mass is 256 g/mol. The normalized spacial score (nSPS) is 24.5. The molecule has 0 aliphatic heterocycles. The van der Waals surface area contributed by atoms with Gasteiger partial charge in [0.25, 0.3) is 0 Å². The van der Waals surface area contributed by atoms with E-state index in [1.54, 1.807) is 14.2 Å². The van der Waals surface area contributed by atoms with E-state index in [0.717, 1.165) is 11.5 Å². The van der Waals surface area contributed by atoms with Crippen molar-refractivity contribution in [2.75, 3.05) is 14.2 Å². The SMILES string of the molecule is COc1ccc(OC)c(C2CC2Br)c1. The number of halogens is 1. The lowest BCUT2D eigenvalue weighted by Crippen LogP contribution is -1.92. The summed E-state index contributed by atoms with van der Waals surface area (Å²) in [5.74, 6) is 2.44. The molecule has 2 unspecified atom stereocenters. The Labute approximate surface area is 92.3 Å². The van der Waals surface area contributed by atoms with E-state index in [-0.39, 0.29) is 0 Å². The van der Waals surface area contributed by atoms with Crippen molar-refractivity contribution in [3.63, 3.8) is 0 Å². The van der Waals surface area contributed by atoms with Crippen molar-refractivity contribution in [1.82, 2.24) is 0 Å². The van der Waals surface area contributed by atoms with Crippen LogP contribution in [0.3, 0.4) is 0 Å². The summed E-state index contributed by atoms with van der Waals surface area (Å²) in [6.07, 6.45) is 1.18. The fourth-order valence-corrected chi connectivity index (χ4v) is 2.30. The van der Waals surface area contributed by atoms with Gasteiger partial charge in [-0.2, -0.15) is 0 Å². The van der Waals surface area contributed by atoms with Crippen molar-refractivity contribution in [2.45, 2.75) is 17.2 Å². The fourth-order valence-electron chi connectivity index (χ4n) is 1.61. The van der Waals surface area contributed by atoms with Gasteiger partial charge in [0.1, 0.15) is 11.5 Å². The summed E-state index contributed by atoms with van der Waals surface area (Å²) in [5, 5.41) is 0. The minimum absolute atomic E-state index is 0.583. The van der Waals surface area contributed by atoms with Gasteiger partial charge in [-0.25, -0.2) is 0 Å². The topological polar surface area (TPSA) is 18.5 Å². The summed E-state index contributed by atoms with van der Waals surface area (Å²) in [6, 6.07) is 5.95. The van der Waals surface area contributed by atoms with Gasteiger partial charge in [-0.1, -0.05) is 15.9 Å². The van der Waals surface area contributed by atoms with Crippen molar-refractivity contribution >= 4 is 15.9 Å². The molecular weight excluding hydrogens is 244 g/mol. The van der Waals surface area contributed by atoms with E-state index < -0.39 is 0 Å². The first-order chi connectivity index (χ1) is 6.76. The summed E-state index contributed by atoms with van der Waals surface area (Å²) in [5.41, 5.74) is 1.24. The van der Waals surface area contributed by atoms with E-state index in [1.807, 2.05) is 12.1 Å². The third-order valence-corrected chi connectivity index (χ3v) is 3.56. The standard InChI is InChI=1S/C11H13BrO2/c1-13-7-3-4-11(14-2)9(5-7)8-6-10(8)12/h3-5,8,10H,6H2,1-2H3. The van der Waals surface area contributed by atoms with E-state index >= 15 is 0 Å². The van der Waals surface area contributed by atoms with Crippen molar-refractivity contribution in [3.8, 4) is 11.5 Å². The van der Waals surface area contributed by atoms with Crippen molar-refractivity contribution in [1.29, 1.82) is 0 Å². The molecule has 0 radical (unpaired) electrons. The highest BCUT2D eigenvalue weighted by Gasteiger charge is 2.38. The van der Waals surface area contributed by atoms with Gasteiger partial charge in [-0.15, -0.1) is 0 Å². The molecule has 0 saturated heterocycles. The summed E-state index contributed by atoms with van der Waals surface area (Å²) in [6.45, 7) is 0. The first kappa shape index (κ1) is 9.84. The number of ether oxygens (including phenoxy) is 2. The summed E-state index contributed by atoms with van der Waals surface area (Å²) < 4.78 is 10.5. The molecule has 14 heavy (non-hydrogen) atoms. The first-order valence-corrected chi connectivity index (χ1v) is 5.54. The molecule has 1 saturated carbocycles. The predicted molar refractivity (Wildman–Crippen MR) is 59.6 cm³/mol. The van der Waals surface area contributed by atoms with Crippen LogP contribution in [0, 0.1) is 0 Å². The second kappa shape index (κ2) is 3.81. The Kier molecular flexibility index (Phi) is 2.68. The molecule has 0 bridgehead atoms. The highest BCUT2D eigenvalue weighted by atomic mass is 79.9. The number of hydrogen-bond acceptors (Lipinski definition) is 2. The molecule has 0 N–H and O–H groups in total. The van der Waals surface area contributed by atoms with Crippen molar-refractivity contribution < 1.29 is 9.47 Å². The van der Waals surface area contributed by atoms with Gasteiger partial charge < -0.3 is 9.47 Å². The summed E-state index contributed by atoms with van der Waals surface area (Å²) in [4.78, 5) is 0.600. The Morgan fingerprint density at radius 2 is 2.00 bits per heavy atom. The largest absolute Gasteiger partial charge is 0.497 e. The van der Waals surface area contributed by atoms with E-state index in [4.69, 9.17) is 9.47 Å². The van der Waals surface area contributed by atoms with Crippen LogP contribution in [-0.2, 0) is 0 Å². The summed E-state index contributed by atoms with van der Waals surface area (Å²) >= 11 is 3.60. The Bertz CT molecular complexity index is 338. The molecule has 1 aromatic rings. The van der Waals surface area contributed by atoms with Crippen molar-refractivity contribution in [2.24, 2.45) is 0 Å². The maximum atomic E-state index is 5.32. The second-order valence-corrected chi connectivity index (χ2v) is 4.64. The van der Waals surface area contributed by atoms with Gasteiger partial charge >= 0.3 is 0 Å². The van der Waals surface area contributed by atoms with Gasteiger partial charge in [0, 0.05) is 16.3 Å². The van der Waals surface area contributed by atoms with Gasteiger partial charge in [0.05, 0.1) is 14.2 Å². The second-order valence-electron chi connectivity index (χ2n) is 3.47. The van der Waals surface area contributed by atoms with Gasteiger partial charge in [0.2, 0.25) is 0 Å². The molecule has 0 spiro atoms. The van der Waals surface area contributed by atoms with E-state index in [9.17, 15) is 0 Å². The van der Waals surface area contributed by atoms with E-state index in [1.165, 1.54) is 12.0 Å². The van der Waals surface area contributed by atoms with Gasteiger partial charge in [0.15, 0.2) is 0 Å². The molecule has 2 nitrogen and oxygen atoms in total. The fraction of sp³-hybridized carbons (Fsp3) is 0.455. The zero-order valence-electron chi connectivity index (χ0n) is 8.29. The Hall–Kier alpha value is -0.700. The number of alkyl halides is 1. The van der Waals surface area contributed by atoms with Gasteiger partial charge in [-0.05, 0) is 24.6 Å². The number of methoxy groups -OCH3 is 2. The predicted octanol–water partition coefficient (Wildman–Crippen LogP) is 2.95. The van der Waals surface area contributed by atoms with Crippen LogP contribution in [0.25, 0.3) is 0 Å². The molecule has 1 aromatic carbocycles. The van der Waals surface area contributed by atoms with Crippen LogP contribution in [0.15, 0.2) is 18.2 Å². The molecule has 0 aromatic heterocycles. The molecule has 76 valence electrons. The Morgan fingerprint density at radius 1 is 1.29 bits per heavy atom. The third-order valence-electron chi connectivity index (χ3n) is 2.55. The molecule has 1 aliphatic carbocycles. The number of rotatable bonds is 3. The highest BCUT2D eigenvalue weighted by molar-refractivity contribution is 9.09. The maximum absolute atomic E-state index is 5.32. The number of hydrogen-bond donors (Lipinski definition) is 0. The average Bonchev–Trinajstić information content (AvgIpc) is 2.94. The van der Waals surface area contributed by atoms with Crippen LogP contribution in [-0.4, -0.2) is 19.0 Å². The molecule has 3 heteroatoms. The third kappa shape index (κ3) is 1.73. The van der Waals surface area contributed by atoms with Crippen LogP contribution < -0.4 is 9.47 Å². The molecule has 2 rings (SSSR count). The van der Waals surface area contributed by atoms with Gasteiger partial charge in [-0.3, -0.25) is 0 Å². The Morgan fingerprint density at radius 3 is 2.50 bits per heavy atom. The van der Waals surface area contributed by atoms with Crippen molar-refractivity contribution in [3.05, 3.63) is 23.8 Å². The van der Waals surface area contributed by atoms with Crippen LogP contribution in [0.4, 0.5) is 0 Å². The van der Waals surface area contributed by atoms with E-state index in [0.29, 0.717) is 10.7 Å². The minimum Gasteiger partial charge on any atom is -0.497 e. The average molecular weight is 257 g/mol. The van der Waals surface area contributed by atoms with Crippen LogP contribution in [0.1, 0.15) is 17.9 Å². The smallest absolute Gasteiger partial charge is 0.122 e. The van der Waals surface area contributed by atoms with E-state index in [2.05, 4.69) is 22.0 Å². The van der Waals surface area contributed by atoms with Crippen LogP contribution in [0.2, 0.25) is 0 Å². The zero-order valence-corrected chi connectivity index (χ0v) is 9.87. The molecule has 1 fully saturated rings.